The zero-order valence-electron chi connectivity index (χ0n) is 14.8. The molecule has 0 spiro atoms. The highest BCUT2D eigenvalue weighted by molar-refractivity contribution is 7.89. The van der Waals surface area contributed by atoms with E-state index < -0.39 is 10.0 Å². The summed E-state index contributed by atoms with van der Waals surface area (Å²) in [6.45, 7) is 4.43. The summed E-state index contributed by atoms with van der Waals surface area (Å²) in [5.41, 5.74) is 2.08. The van der Waals surface area contributed by atoms with Crippen LogP contribution in [0.5, 0.6) is 0 Å². The summed E-state index contributed by atoms with van der Waals surface area (Å²) in [6.07, 6.45) is 1.71. The van der Waals surface area contributed by atoms with Gasteiger partial charge in [0.15, 0.2) is 0 Å². The molecule has 0 unspecified atom stereocenters. The molecule has 0 fully saturated rings. The van der Waals surface area contributed by atoms with Gasteiger partial charge in [0.2, 0.25) is 10.0 Å². The van der Waals surface area contributed by atoms with Crippen molar-refractivity contribution in [1.82, 2.24) is 4.31 Å². The molecule has 0 aliphatic heterocycles. The Kier molecular flexibility index (Phi) is 6.33. The first-order valence-electron chi connectivity index (χ1n) is 8.29. The summed E-state index contributed by atoms with van der Waals surface area (Å²) < 4.78 is 26.5. The second-order valence-corrected chi connectivity index (χ2v) is 8.07. The lowest BCUT2D eigenvalue weighted by Gasteiger charge is -2.17. The minimum atomic E-state index is -3.59. The maximum absolute atomic E-state index is 12.6. The first kappa shape index (κ1) is 19.1. The predicted octanol–water partition coefficient (Wildman–Crippen LogP) is 3.67. The van der Waals surface area contributed by atoms with E-state index in [1.54, 1.807) is 19.2 Å². The smallest absolute Gasteiger partial charge is 0.255 e. The third-order valence-electron chi connectivity index (χ3n) is 3.94. The second kappa shape index (κ2) is 8.27. The van der Waals surface area contributed by atoms with Gasteiger partial charge >= 0.3 is 0 Å². The van der Waals surface area contributed by atoms with Gasteiger partial charge in [-0.25, -0.2) is 12.7 Å². The molecule has 0 aromatic heterocycles. The third kappa shape index (κ3) is 4.90. The Balaban J connectivity index is 2.20. The van der Waals surface area contributed by atoms with Crippen molar-refractivity contribution in [2.24, 2.45) is 0 Å². The quantitative estimate of drug-likeness (QED) is 0.819. The molecule has 0 radical (unpaired) electrons. The van der Waals surface area contributed by atoms with Crippen molar-refractivity contribution in [2.75, 3.05) is 18.9 Å². The van der Waals surface area contributed by atoms with Crippen molar-refractivity contribution in [3.8, 4) is 0 Å². The minimum Gasteiger partial charge on any atom is -0.322 e. The average molecular weight is 360 g/mol. The maximum atomic E-state index is 12.6. The Labute approximate surface area is 149 Å². The zero-order valence-corrected chi connectivity index (χ0v) is 15.6. The molecule has 0 heterocycles. The van der Waals surface area contributed by atoms with Crippen molar-refractivity contribution < 1.29 is 13.2 Å². The maximum Gasteiger partial charge on any atom is 0.255 e. The van der Waals surface area contributed by atoms with E-state index in [9.17, 15) is 13.2 Å². The molecule has 1 N–H and O–H groups in total. The Hall–Kier alpha value is -2.18. The van der Waals surface area contributed by atoms with Crippen molar-refractivity contribution in [3.63, 3.8) is 0 Å². The van der Waals surface area contributed by atoms with Crippen LogP contribution in [0.4, 0.5) is 5.69 Å². The largest absolute Gasteiger partial charge is 0.322 e. The Morgan fingerprint density at radius 1 is 1.12 bits per heavy atom. The third-order valence-corrected chi connectivity index (χ3v) is 5.79. The molecule has 0 bridgehead atoms. The second-order valence-electron chi connectivity index (χ2n) is 6.03. The summed E-state index contributed by atoms with van der Waals surface area (Å²) in [6, 6.07) is 13.6. The molecule has 2 rings (SSSR count). The van der Waals surface area contributed by atoms with E-state index >= 15 is 0 Å². The summed E-state index contributed by atoms with van der Waals surface area (Å²) in [5, 5.41) is 2.78. The number of anilines is 1. The fraction of sp³-hybridized carbons (Fsp3) is 0.316. The van der Waals surface area contributed by atoms with Crippen molar-refractivity contribution in [2.45, 2.75) is 31.6 Å². The fourth-order valence-corrected chi connectivity index (χ4v) is 3.57. The van der Waals surface area contributed by atoms with Gasteiger partial charge in [0.05, 0.1) is 4.90 Å². The van der Waals surface area contributed by atoms with Crippen LogP contribution in [0.2, 0.25) is 0 Å². The van der Waals surface area contributed by atoms with Crippen LogP contribution < -0.4 is 5.32 Å². The van der Waals surface area contributed by atoms with Crippen molar-refractivity contribution in [1.29, 1.82) is 0 Å². The number of hydrogen-bond acceptors (Lipinski definition) is 3. The van der Waals surface area contributed by atoms with Crippen LogP contribution in [0.25, 0.3) is 0 Å². The predicted molar refractivity (Wildman–Crippen MR) is 100 cm³/mol. The molecule has 2 aromatic rings. The Bertz CT molecular complexity index is 830. The van der Waals surface area contributed by atoms with Gasteiger partial charge in [-0.1, -0.05) is 37.1 Å². The molecule has 6 heteroatoms. The van der Waals surface area contributed by atoms with Gasteiger partial charge in [-0.05, 0) is 43.7 Å². The Morgan fingerprint density at radius 3 is 2.44 bits per heavy atom. The number of carbonyl (C=O) groups excluding carboxylic acids is 1. The highest BCUT2D eigenvalue weighted by Crippen LogP contribution is 2.18. The molecule has 5 nitrogen and oxygen atoms in total. The lowest BCUT2D eigenvalue weighted by atomic mass is 10.2. The average Bonchev–Trinajstić information content (AvgIpc) is 2.61. The molecule has 0 saturated heterocycles. The summed E-state index contributed by atoms with van der Waals surface area (Å²) in [7, 11) is -2.03. The van der Waals surface area contributed by atoms with Gasteiger partial charge in [-0.2, -0.15) is 0 Å². The van der Waals surface area contributed by atoms with E-state index in [4.69, 9.17) is 0 Å². The number of amides is 1. The highest BCUT2D eigenvalue weighted by atomic mass is 32.2. The summed E-state index contributed by atoms with van der Waals surface area (Å²) >= 11 is 0. The number of benzene rings is 2. The molecule has 0 saturated carbocycles. The van der Waals surface area contributed by atoms with Gasteiger partial charge in [-0.15, -0.1) is 0 Å². The normalized spacial score (nSPS) is 11.5. The zero-order chi connectivity index (χ0) is 18.4. The van der Waals surface area contributed by atoms with Crippen molar-refractivity contribution in [3.05, 3.63) is 59.7 Å². The summed E-state index contributed by atoms with van der Waals surface area (Å²) in [5.74, 6) is -0.336. The SMILES string of the molecule is CCCCN(C)S(=O)(=O)c1cccc(C(=O)Nc2ccc(C)cc2)c1. The van der Waals surface area contributed by atoms with Crippen LogP contribution in [0.15, 0.2) is 53.4 Å². The molecular weight excluding hydrogens is 336 g/mol. The van der Waals surface area contributed by atoms with Gasteiger partial charge in [-0.3, -0.25) is 4.79 Å². The number of hydrogen-bond donors (Lipinski definition) is 1. The van der Waals surface area contributed by atoms with Crippen LogP contribution in [0.1, 0.15) is 35.7 Å². The first-order chi connectivity index (χ1) is 11.8. The van der Waals surface area contributed by atoms with E-state index in [-0.39, 0.29) is 10.8 Å². The van der Waals surface area contributed by atoms with Crippen LogP contribution in [-0.2, 0) is 10.0 Å². The molecule has 2 aromatic carbocycles. The Morgan fingerprint density at radius 2 is 1.80 bits per heavy atom. The van der Waals surface area contributed by atoms with E-state index in [1.165, 1.54) is 16.4 Å². The monoisotopic (exact) mass is 360 g/mol. The van der Waals surface area contributed by atoms with Gasteiger partial charge in [0, 0.05) is 24.8 Å². The van der Waals surface area contributed by atoms with Gasteiger partial charge in [0.1, 0.15) is 0 Å². The highest BCUT2D eigenvalue weighted by Gasteiger charge is 2.21. The standard InChI is InChI=1S/C19H24N2O3S/c1-4-5-13-21(3)25(23,24)18-8-6-7-16(14-18)19(22)20-17-11-9-15(2)10-12-17/h6-12,14H,4-5,13H2,1-3H3,(H,20,22). The van der Waals surface area contributed by atoms with E-state index in [0.717, 1.165) is 18.4 Å². The molecule has 0 aliphatic carbocycles. The molecule has 134 valence electrons. The van der Waals surface area contributed by atoms with Crippen LogP contribution in [0.3, 0.4) is 0 Å². The van der Waals surface area contributed by atoms with E-state index in [0.29, 0.717) is 17.8 Å². The number of aryl methyl sites for hydroxylation is 1. The van der Waals surface area contributed by atoms with E-state index in [1.807, 2.05) is 38.1 Å². The first-order valence-corrected chi connectivity index (χ1v) is 9.73. The number of carbonyl (C=O) groups is 1. The van der Waals surface area contributed by atoms with Crippen LogP contribution in [0, 0.1) is 6.92 Å². The number of nitrogens with zero attached hydrogens (tertiary/aromatic N) is 1. The molecule has 25 heavy (non-hydrogen) atoms. The number of nitrogens with one attached hydrogen (secondary N) is 1. The number of sulfonamides is 1. The van der Waals surface area contributed by atoms with Crippen molar-refractivity contribution >= 4 is 21.6 Å². The lowest BCUT2D eigenvalue weighted by Crippen LogP contribution is -2.28. The summed E-state index contributed by atoms with van der Waals surface area (Å²) in [4.78, 5) is 12.5. The van der Waals surface area contributed by atoms with Gasteiger partial charge < -0.3 is 5.32 Å². The van der Waals surface area contributed by atoms with Gasteiger partial charge in [0.25, 0.3) is 5.91 Å². The van der Waals surface area contributed by atoms with Crippen LogP contribution >= 0.6 is 0 Å². The topological polar surface area (TPSA) is 66.5 Å². The number of rotatable bonds is 7. The number of unbranched alkanes of at least 4 members (excludes halogenated alkanes) is 1. The van der Waals surface area contributed by atoms with Crippen LogP contribution in [-0.4, -0.2) is 32.2 Å². The lowest BCUT2D eigenvalue weighted by molar-refractivity contribution is 0.102. The molecule has 0 aliphatic rings. The molecule has 0 atom stereocenters. The fourth-order valence-electron chi connectivity index (χ4n) is 2.32. The molecular formula is C19H24N2O3S. The minimum absolute atomic E-state index is 0.127. The molecule has 1 amide bonds. The van der Waals surface area contributed by atoms with E-state index in [2.05, 4.69) is 5.32 Å².